The van der Waals surface area contributed by atoms with Crippen LogP contribution in [0.3, 0.4) is 0 Å². The van der Waals surface area contributed by atoms with E-state index in [1.165, 1.54) is 11.8 Å². The van der Waals surface area contributed by atoms with Crippen molar-refractivity contribution in [2.45, 2.75) is 6.92 Å². The Balaban J connectivity index is 3.41. The molecule has 0 fully saturated rings. The van der Waals surface area contributed by atoms with Crippen LogP contribution in [0.25, 0.3) is 0 Å². The monoisotopic (exact) mass is 214 g/mol. The van der Waals surface area contributed by atoms with Gasteiger partial charge in [-0.25, -0.2) is 0 Å². The van der Waals surface area contributed by atoms with E-state index in [1.807, 2.05) is 31.2 Å². The van der Waals surface area contributed by atoms with Gasteiger partial charge in [-0.2, -0.15) is 0 Å². The average molecular weight is 214 g/mol. The molecule has 0 amide bonds. The number of thiocarbonyl (C=S) groups is 1. The maximum absolute atomic E-state index is 5.22. The normalized spacial score (nSPS) is 10.8. The van der Waals surface area contributed by atoms with Crippen molar-refractivity contribution >= 4 is 28.4 Å². The Hall–Kier alpha value is -0.540. The SMILES string of the molecule is C=CCSC(=S)OC/C=C/C=C/C. The van der Waals surface area contributed by atoms with Gasteiger partial charge >= 0.3 is 0 Å². The van der Waals surface area contributed by atoms with Crippen molar-refractivity contribution in [3.63, 3.8) is 0 Å². The quantitative estimate of drug-likeness (QED) is 0.394. The minimum atomic E-state index is 0.535. The molecular formula is C10H14OS2. The molecule has 13 heavy (non-hydrogen) atoms. The summed E-state index contributed by atoms with van der Waals surface area (Å²) >= 11 is 6.42. The molecule has 0 aliphatic rings. The molecule has 0 radical (unpaired) electrons. The van der Waals surface area contributed by atoms with Gasteiger partial charge in [-0.15, -0.1) is 6.58 Å². The van der Waals surface area contributed by atoms with E-state index >= 15 is 0 Å². The fourth-order valence-electron chi connectivity index (χ4n) is 0.530. The van der Waals surface area contributed by atoms with Crippen LogP contribution < -0.4 is 0 Å². The molecule has 0 rings (SSSR count). The van der Waals surface area contributed by atoms with E-state index in [0.717, 1.165) is 5.75 Å². The summed E-state index contributed by atoms with van der Waals surface area (Å²) in [5.74, 6) is 0.803. The predicted molar refractivity (Wildman–Crippen MR) is 65.2 cm³/mol. The molecule has 0 aromatic carbocycles. The second kappa shape index (κ2) is 9.55. The summed E-state index contributed by atoms with van der Waals surface area (Å²) in [4.78, 5) is 0. The number of hydrogen-bond donors (Lipinski definition) is 0. The molecule has 0 aliphatic carbocycles. The summed E-state index contributed by atoms with van der Waals surface area (Å²) in [6.07, 6.45) is 9.56. The van der Waals surface area contributed by atoms with E-state index in [0.29, 0.717) is 11.0 Å². The van der Waals surface area contributed by atoms with Crippen LogP contribution in [0.15, 0.2) is 37.0 Å². The van der Waals surface area contributed by atoms with Crippen LogP contribution in [0, 0.1) is 0 Å². The van der Waals surface area contributed by atoms with Crippen molar-refractivity contribution < 1.29 is 4.74 Å². The van der Waals surface area contributed by atoms with Crippen LogP contribution in [-0.2, 0) is 4.74 Å². The minimum Gasteiger partial charge on any atom is -0.474 e. The van der Waals surface area contributed by atoms with Crippen molar-refractivity contribution in [3.05, 3.63) is 37.0 Å². The Morgan fingerprint density at radius 3 is 2.92 bits per heavy atom. The summed E-state index contributed by atoms with van der Waals surface area (Å²) in [5, 5.41) is 0. The third-order valence-electron chi connectivity index (χ3n) is 1.06. The van der Waals surface area contributed by atoms with Gasteiger partial charge in [0.05, 0.1) is 0 Å². The third kappa shape index (κ3) is 9.37. The van der Waals surface area contributed by atoms with E-state index in [-0.39, 0.29) is 0 Å². The highest BCUT2D eigenvalue weighted by atomic mass is 32.2. The number of allylic oxidation sites excluding steroid dienone is 3. The first-order chi connectivity index (χ1) is 6.31. The zero-order valence-electron chi connectivity index (χ0n) is 7.73. The smallest absolute Gasteiger partial charge is 0.220 e. The van der Waals surface area contributed by atoms with E-state index in [4.69, 9.17) is 17.0 Å². The van der Waals surface area contributed by atoms with E-state index in [2.05, 4.69) is 6.58 Å². The fourth-order valence-corrected chi connectivity index (χ4v) is 1.21. The van der Waals surface area contributed by atoms with E-state index in [1.54, 1.807) is 6.08 Å². The first-order valence-corrected chi connectivity index (χ1v) is 5.39. The van der Waals surface area contributed by atoms with Gasteiger partial charge in [0.2, 0.25) is 4.38 Å². The molecule has 0 bridgehead atoms. The molecule has 0 heterocycles. The number of ether oxygens (including phenoxy) is 1. The van der Waals surface area contributed by atoms with Crippen LogP contribution in [0.4, 0.5) is 0 Å². The lowest BCUT2D eigenvalue weighted by molar-refractivity contribution is 0.370. The van der Waals surface area contributed by atoms with Gasteiger partial charge in [0.25, 0.3) is 0 Å². The highest BCUT2D eigenvalue weighted by Gasteiger charge is 1.93. The summed E-state index contributed by atoms with van der Waals surface area (Å²) in [5.41, 5.74) is 0. The topological polar surface area (TPSA) is 9.23 Å². The van der Waals surface area contributed by atoms with Gasteiger partial charge in [0, 0.05) is 5.75 Å². The van der Waals surface area contributed by atoms with Gasteiger partial charge < -0.3 is 4.74 Å². The van der Waals surface area contributed by atoms with Gasteiger partial charge in [-0.3, -0.25) is 0 Å². The Kier molecular flexibility index (Phi) is 9.15. The van der Waals surface area contributed by atoms with Crippen molar-refractivity contribution in [3.8, 4) is 0 Å². The number of thioether (sulfide) groups is 1. The highest BCUT2D eigenvalue weighted by molar-refractivity contribution is 8.22. The lowest BCUT2D eigenvalue weighted by atomic mass is 10.4. The molecule has 0 aromatic rings. The largest absolute Gasteiger partial charge is 0.474 e. The maximum atomic E-state index is 5.22. The highest BCUT2D eigenvalue weighted by Crippen LogP contribution is 2.05. The Morgan fingerprint density at radius 1 is 1.54 bits per heavy atom. The summed E-state index contributed by atoms with van der Waals surface area (Å²) in [6, 6.07) is 0. The molecule has 1 nitrogen and oxygen atoms in total. The molecule has 0 aromatic heterocycles. The van der Waals surface area contributed by atoms with Gasteiger partial charge in [-0.05, 0) is 25.2 Å². The van der Waals surface area contributed by atoms with Crippen molar-refractivity contribution in [2.24, 2.45) is 0 Å². The Morgan fingerprint density at radius 2 is 2.31 bits per heavy atom. The average Bonchev–Trinajstić information content (AvgIpc) is 2.14. The van der Waals surface area contributed by atoms with Crippen LogP contribution in [-0.4, -0.2) is 16.7 Å². The summed E-state index contributed by atoms with van der Waals surface area (Å²) in [6.45, 7) is 6.10. The molecule has 72 valence electrons. The summed E-state index contributed by atoms with van der Waals surface area (Å²) in [7, 11) is 0. The van der Waals surface area contributed by atoms with Crippen LogP contribution in [0.2, 0.25) is 0 Å². The van der Waals surface area contributed by atoms with Gasteiger partial charge in [-0.1, -0.05) is 36.1 Å². The predicted octanol–water partition coefficient (Wildman–Crippen LogP) is 3.34. The van der Waals surface area contributed by atoms with E-state index in [9.17, 15) is 0 Å². The zero-order valence-corrected chi connectivity index (χ0v) is 9.37. The molecule has 0 aliphatic heterocycles. The van der Waals surface area contributed by atoms with Gasteiger partial charge in [0.1, 0.15) is 6.61 Å². The Labute approximate surface area is 89.6 Å². The van der Waals surface area contributed by atoms with E-state index < -0.39 is 0 Å². The van der Waals surface area contributed by atoms with Crippen LogP contribution in [0.1, 0.15) is 6.92 Å². The molecule has 0 atom stereocenters. The molecule has 0 spiro atoms. The Bertz CT molecular complexity index is 207. The fraction of sp³-hybridized carbons (Fsp3) is 0.300. The number of rotatable bonds is 5. The first-order valence-electron chi connectivity index (χ1n) is 3.99. The molecule has 0 N–H and O–H groups in total. The first kappa shape index (κ1) is 12.5. The molecule has 3 heteroatoms. The van der Waals surface area contributed by atoms with Crippen LogP contribution >= 0.6 is 24.0 Å². The number of hydrogen-bond acceptors (Lipinski definition) is 3. The lowest BCUT2D eigenvalue weighted by Crippen LogP contribution is -1.96. The second-order valence-corrected chi connectivity index (χ2v) is 3.74. The molecule has 0 saturated heterocycles. The third-order valence-corrected chi connectivity index (χ3v) is 2.28. The van der Waals surface area contributed by atoms with Crippen molar-refractivity contribution in [1.82, 2.24) is 0 Å². The molecule has 0 saturated carbocycles. The maximum Gasteiger partial charge on any atom is 0.220 e. The van der Waals surface area contributed by atoms with Gasteiger partial charge in [0.15, 0.2) is 0 Å². The zero-order chi connectivity index (χ0) is 9.94. The van der Waals surface area contributed by atoms with Crippen molar-refractivity contribution in [1.29, 1.82) is 0 Å². The minimum absolute atomic E-state index is 0.535. The summed E-state index contributed by atoms with van der Waals surface area (Å²) < 4.78 is 5.79. The standard InChI is InChI=1S/C10H14OS2/c1-3-5-6-7-8-11-10(12)13-9-4-2/h3-7H,2,8-9H2,1H3/b5-3+,7-6+. The molecule has 0 unspecified atom stereocenters. The second-order valence-electron chi connectivity index (χ2n) is 2.11. The van der Waals surface area contributed by atoms with Crippen molar-refractivity contribution in [2.75, 3.05) is 12.4 Å². The molecular weight excluding hydrogens is 200 g/mol. The van der Waals surface area contributed by atoms with Crippen LogP contribution in [0.5, 0.6) is 0 Å². The lowest BCUT2D eigenvalue weighted by Gasteiger charge is -2.01.